The smallest absolute Gasteiger partial charge is 0.0392 e. The van der Waals surface area contributed by atoms with Gasteiger partial charge in [-0.3, -0.25) is 5.32 Å². The van der Waals surface area contributed by atoms with Gasteiger partial charge in [0, 0.05) is 12.7 Å². The van der Waals surface area contributed by atoms with Crippen LogP contribution in [0.1, 0.15) is 12.8 Å². The summed E-state index contributed by atoms with van der Waals surface area (Å²) in [4.78, 5) is 0. The third kappa shape index (κ3) is 1.82. The summed E-state index contributed by atoms with van der Waals surface area (Å²) >= 11 is 0. The molecule has 0 amide bonds. The molecule has 0 aromatic carbocycles. The van der Waals surface area contributed by atoms with Gasteiger partial charge in [-0.25, -0.2) is 0 Å². The van der Waals surface area contributed by atoms with E-state index in [1.807, 2.05) is 18.4 Å². The van der Waals surface area contributed by atoms with Crippen LogP contribution in [-0.4, -0.2) is 6.54 Å². The average Bonchev–Trinajstić information content (AvgIpc) is 1.62. The number of hydrogen-bond donors (Lipinski definition) is 0. The Morgan fingerprint density at radius 2 is 2.25 bits per heavy atom. The minimum absolute atomic E-state index is 0.987. The molecule has 43 valence electrons. The molecule has 0 fully saturated rings. The summed E-state index contributed by atoms with van der Waals surface area (Å²) < 4.78 is 0. The third-order valence-corrected chi connectivity index (χ3v) is 1.10. The second kappa shape index (κ2) is 3.30. The van der Waals surface area contributed by atoms with Crippen molar-refractivity contribution in [2.75, 3.05) is 6.54 Å². The first kappa shape index (κ1) is 5.42. The Balaban J connectivity index is 2.33. The van der Waals surface area contributed by atoms with Crippen molar-refractivity contribution in [1.29, 1.82) is 0 Å². The molecule has 0 N–H and O–H groups in total. The largest absolute Gasteiger partial charge is 0.293 e. The summed E-state index contributed by atoms with van der Waals surface area (Å²) in [6.07, 6.45) is 10.4. The Morgan fingerprint density at radius 3 is 3.25 bits per heavy atom. The van der Waals surface area contributed by atoms with Gasteiger partial charge in [0.05, 0.1) is 0 Å². The van der Waals surface area contributed by atoms with Gasteiger partial charge < -0.3 is 0 Å². The number of hydrogen-bond acceptors (Lipinski definition) is 0. The van der Waals surface area contributed by atoms with Crippen LogP contribution in [0, 0.1) is 0 Å². The second-order valence-electron chi connectivity index (χ2n) is 1.82. The molecule has 0 bridgehead atoms. The van der Waals surface area contributed by atoms with Crippen molar-refractivity contribution in [3.8, 4) is 0 Å². The van der Waals surface area contributed by atoms with Crippen LogP contribution in [0.3, 0.4) is 0 Å². The van der Waals surface area contributed by atoms with Gasteiger partial charge in [-0.05, 0) is 18.9 Å². The quantitative estimate of drug-likeness (QED) is 0.446. The monoisotopic (exact) mass is 108 g/mol. The molecule has 8 heavy (non-hydrogen) atoms. The van der Waals surface area contributed by atoms with Crippen LogP contribution < -0.4 is 5.32 Å². The zero-order valence-corrected chi connectivity index (χ0v) is 4.88. The van der Waals surface area contributed by atoms with Gasteiger partial charge in [-0.15, -0.1) is 0 Å². The highest BCUT2D eigenvalue weighted by atomic mass is 14.8. The Kier molecular flexibility index (Phi) is 2.24. The van der Waals surface area contributed by atoms with Gasteiger partial charge in [0.1, 0.15) is 0 Å². The van der Waals surface area contributed by atoms with Crippen LogP contribution >= 0.6 is 0 Å². The molecule has 0 aromatic heterocycles. The van der Waals surface area contributed by atoms with Crippen molar-refractivity contribution >= 4 is 0 Å². The molecular weight excluding hydrogens is 98.1 g/mol. The molecular formula is C7H10N. The van der Waals surface area contributed by atoms with Crippen LogP contribution in [0.15, 0.2) is 24.4 Å². The van der Waals surface area contributed by atoms with Gasteiger partial charge in [-0.1, -0.05) is 12.2 Å². The Hall–Kier alpha value is -0.720. The van der Waals surface area contributed by atoms with E-state index in [0.29, 0.717) is 0 Å². The molecule has 1 radical (unpaired) electrons. The lowest BCUT2D eigenvalue weighted by molar-refractivity contribution is 0.750. The fraction of sp³-hybridized carbons (Fsp3) is 0.429. The predicted molar refractivity (Wildman–Crippen MR) is 34.5 cm³/mol. The van der Waals surface area contributed by atoms with Crippen molar-refractivity contribution in [3.63, 3.8) is 0 Å². The normalized spacial score (nSPS) is 27.0. The first-order chi connectivity index (χ1) is 4.00. The molecule has 1 heteroatoms. The van der Waals surface area contributed by atoms with Gasteiger partial charge >= 0.3 is 0 Å². The van der Waals surface area contributed by atoms with E-state index < -0.39 is 0 Å². The van der Waals surface area contributed by atoms with Crippen molar-refractivity contribution in [2.45, 2.75) is 12.8 Å². The highest BCUT2D eigenvalue weighted by Gasteiger charge is 1.83. The maximum atomic E-state index is 4.10. The maximum Gasteiger partial charge on any atom is 0.0392 e. The molecule has 0 aromatic rings. The summed E-state index contributed by atoms with van der Waals surface area (Å²) in [5.74, 6) is 0. The minimum Gasteiger partial charge on any atom is -0.293 e. The zero-order chi connectivity index (χ0) is 5.66. The highest BCUT2D eigenvalue weighted by molar-refractivity contribution is 5.02. The van der Waals surface area contributed by atoms with E-state index in [1.54, 1.807) is 0 Å². The molecule has 1 aliphatic rings. The molecule has 0 saturated heterocycles. The topological polar surface area (TPSA) is 14.1 Å². The van der Waals surface area contributed by atoms with E-state index in [4.69, 9.17) is 0 Å². The van der Waals surface area contributed by atoms with Crippen molar-refractivity contribution in [1.82, 2.24) is 5.32 Å². The molecule has 0 spiro atoms. The van der Waals surface area contributed by atoms with E-state index >= 15 is 0 Å². The first-order valence-corrected chi connectivity index (χ1v) is 2.98. The summed E-state index contributed by atoms with van der Waals surface area (Å²) in [7, 11) is 0. The molecule has 1 heterocycles. The number of allylic oxidation sites excluding steroid dienone is 3. The van der Waals surface area contributed by atoms with Crippen LogP contribution in [0.5, 0.6) is 0 Å². The van der Waals surface area contributed by atoms with Crippen molar-refractivity contribution in [2.24, 2.45) is 0 Å². The molecule has 0 saturated carbocycles. The van der Waals surface area contributed by atoms with E-state index in [9.17, 15) is 0 Å². The van der Waals surface area contributed by atoms with Crippen LogP contribution in [-0.2, 0) is 0 Å². The van der Waals surface area contributed by atoms with Gasteiger partial charge in [0.2, 0.25) is 0 Å². The Labute approximate surface area is 50.1 Å². The SMILES string of the molecule is C1=C\CCC[N]\C=C/1. The minimum atomic E-state index is 0.987. The molecule has 0 aliphatic carbocycles. The van der Waals surface area contributed by atoms with Crippen molar-refractivity contribution in [3.05, 3.63) is 24.4 Å². The zero-order valence-electron chi connectivity index (χ0n) is 4.88. The first-order valence-electron chi connectivity index (χ1n) is 2.98. The summed E-state index contributed by atoms with van der Waals surface area (Å²) in [5.41, 5.74) is 0. The maximum absolute atomic E-state index is 4.10. The summed E-state index contributed by atoms with van der Waals surface area (Å²) in [6, 6.07) is 0. The number of nitrogens with zero attached hydrogens (tertiary/aromatic N) is 1. The third-order valence-electron chi connectivity index (χ3n) is 1.10. The average molecular weight is 108 g/mol. The van der Waals surface area contributed by atoms with E-state index in [2.05, 4.69) is 11.4 Å². The van der Waals surface area contributed by atoms with Crippen molar-refractivity contribution < 1.29 is 0 Å². The predicted octanol–water partition coefficient (Wildman–Crippen LogP) is 1.45. The van der Waals surface area contributed by atoms with Gasteiger partial charge in [0.15, 0.2) is 0 Å². The fourth-order valence-electron chi connectivity index (χ4n) is 0.660. The lowest BCUT2D eigenvalue weighted by Gasteiger charge is -1.95. The molecule has 0 atom stereocenters. The standard InChI is InChI=1S/C7H10N/c1-2-4-6-8-7-5-3-1/h1-2,4,6H,3,5,7H2/b2-1-,6-4-. The lowest BCUT2D eigenvalue weighted by Crippen LogP contribution is -1.98. The molecule has 1 rings (SSSR count). The summed E-state index contributed by atoms with van der Waals surface area (Å²) in [5, 5.41) is 4.10. The highest BCUT2D eigenvalue weighted by Crippen LogP contribution is 1.93. The Bertz CT molecular complexity index is 89.0. The number of rotatable bonds is 0. The van der Waals surface area contributed by atoms with E-state index in [-0.39, 0.29) is 0 Å². The van der Waals surface area contributed by atoms with E-state index in [0.717, 1.165) is 6.54 Å². The molecule has 1 aliphatic heterocycles. The lowest BCUT2D eigenvalue weighted by atomic mass is 10.2. The summed E-state index contributed by atoms with van der Waals surface area (Å²) in [6.45, 7) is 0.987. The van der Waals surface area contributed by atoms with Crippen LogP contribution in [0.25, 0.3) is 0 Å². The Morgan fingerprint density at radius 1 is 1.25 bits per heavy atom. The molecule has 0 unspecified atom stereocenters. The van der Waals surface area contributed by atoms with E-state index in [1.165, 1.54) is 12.8 Å². The van der Waals surface area contributed by atoms with Crippen LogP contribution in [0.2, 0.25) is 0 Å². The van der Waals surface area contributed by atoms with Gasteiger partial charge in [-0.2, -0.15) is 0 Å². The molecule has 1 nitrogen and oxygen atoms in total. The second-order valence-corrected chi connectivity index (χ2v) is 1.82. The fourth-order valence-corrected chi connectivity index (χ4v) is 0.660. The van der Waals surface area contributed by atoms with Crippen LogP contribution in [0.4, 0.5) is 0 Å². The van der Waals surface area contributed by atoms with Gasteiger partial charge in [0.25, 0.3) is 0 Å².